The van der Waals surface area contributed by atoms with Crippen LogP contribution in [0.15, 0.2) is 53.5 Å². The van der Waals surface area contributed by atoms with E-state index in [1.807, 2.05) is 48.5 Å². The summed E-state index contributed by atoms with van der Waals surface area (Å²) in [5.41, 5.74) is 3.75. The molecule has 1 aliphatic heterocycles. The number of hydrogen-bond acceptors (Lipinski definition) is 3. The van der Waals surface area contributed by atoms with E-state index in [-0.39, 0.29) is 0 Å². The number of hydrogen-bond donors (Lipinski definition) is 1. The van der Waals surface area contributed by atoms with Gasteiger partial charge in [0.05, 0.1) is 29.2 Å². The van der Waals surface area contributed by atoms with E-state index in [1.54, 1.807) is 7.11 Å². The first-order chi connectivity index (χ1) is 9.78. The van der Waals surface area contributed by atoms with Gasteiger partial charge in [-0.15, -0.1) is 0 Å². The van der Waals surface area contributed by atoms with Crippen molar-refractivity contribution in [3.05, 3.63) is 54.1 Å². The van der Waals surface area contributed by atoms with Crippen molar-refractivity contribution in [2.45, 2.75) is 6.42 Å². The molecule has 0 amide bonds. The van der Waals surface area contributed by atoms with E-state index in [1.165, 1.54) is 0 Å². The van der Waals surface area contributed by atoms with Crippen LogP contribution in [-0.4, -0.2) is 17.8 Å². The van der Waals surface area contributed by atoms with Crippen LogP contribution in [0.5, 0.6) is 5.75 Å². The van der Waals surface area contributed by atoms with Crippen molar-refractivity contribution in [2.24, 2.45) is 4.99 Å². The summed E-state index contributed by atoms with van der Waals surface area (Å²) >= 11 is 5.39. The lowest BCUT2D eigenvalue weighted by Crippen LogP contribution is -2.13. The fourth-order valence-electron chi connectivity index (χ4n) is 2.25. The predicted molar refractivity (Wildman–Crippen MR) is 86.5 cm³/mol. The van der Waals surface area contributed by atoms with Crippen LogP contribution in [0.4, 0.5) is 11.4 Å². The third-order valence-corrected chi connectivity index (χ3v) is 3.43. The molecule has 0 aliphatic carbocycles. The van der Waals surface area contributed by atoms with Crippen molar-refractivity contribution in [2.75, 3.05) is 12.4 Å². The second-order valence-electron chi connectivity index (χ2n) is 4.50. The highest BCUT2D eigenvalue weighted by Gasteiger charge is 2.16. The summed E-state index contributed by atoms with van der Waals surface area (Å²) < 4.78 is 5.42. The minimum atomic E-state index is 0.602. The quantitative estimate of drug-likeness (QED) is 0.846. The maximum Gasteiger partial charge on any atom is 0.127 e. The van der Waals surface area contributed by atoms with E-state index >= 15 is 0 Å². The Morgan fingerprint density at radius 1 is 1.10 bits per heavy atom. The summed E-state index contributed by atoms with van der Waals surface area (Å²) in [4.78, 5) is 5.52. The molecule has 0 radical (unpaired) electrons. The molecule has 20 heavy (non-hydrogen) atoms. The van der Waals surface area contributed by atoms with Gasteiger partial charge >= 0.3 is 0 Å². The molecule has 3 rings (SSSR count). The van der Waals surface area contributed by atoms with Gasteiger partial charge in [-0.3, -0.25) is 4.99 Å². The zero-order valence-electron chi connectivity index (χ0n) is 11.1. The standard InChI is InChI=1S/C16H14N2OS/c1-19-15-9-5-2-6-11(15)14-10-16(20)18-13-8-4-3-7-12(13)17-14/h2-9H,10H2,1H3,(H,18,20). The highest BCUT2D eigenvalue weighted by Crippen LogP contribution is 2.30. The van der Waals surface area contributed by atoms with E-state index in [2.05, 4.69) is 5.32 Å². The van der Waals surface area contributed by atoms with Gasteiger partial charge in [0, 0.05) is 12.0 Å². The van der Waals surface area contributed by atoms with Crippen molar-refractivity contribution >= 4 is 34.3 Å². The van der Waals surface area contributed by atoms with E-state index < -0.39 is 0 Å². The molecule has 1 heterocycles. The van der Waals surface area contributed by atoms with E-state index in [0.717, 1.165) is 33.4 Å². The summed E-state index contributed by atoms with van der Waals surface area (Å²) in [6, 6.07) is 15.8. The molecule has 0 unspecified atom stereocenters. The largest absolute Gasteiger partial charge is 0.496 e. The molecular weight excluding hydrogens is 268 g/mol. The molecule has 2 aromatic carbocycles. The predicted octanol–water partition coefficient (Wildman–Crippen LogP) is 3.96. The monoisotopic (exact) mass is 282 g/mol. The lowest BCUT2D eigenvalue weighted by molar-refractivity contribution is 0.414. The lowest BCUT2D eigenvalue weighted by Gasteiger charge is -2.09. The number of rotatable bonds is 2. The third kappa shape index (κ3) is 2.42. The molecule has 0 bridgehead atoms. The van der Waals surface area contributed by atoms with Crippen LogP contribution >= 0.6 is 12.2 Å². The Morgan fingerprint density at radius 3 is 2.70 bits per heavy atom. The van der Waals surface area contributed by atoms with Crippen LogP contribution in [0.3, 0.4) is 0 Å². The number of aliphatic imine (C=N–C) groups is 1. The number of benzene rings is 2. The lowest BCUT2D eigenvalue weighted by atomic mass is 10.1. The Morgan fingerprint density at radius 2 is 1.85 bits per heavy atom. The minimum Gasteiger partial charge on any atom is -0.496 e. The topological polar surface area (TPSA) is 33.6 Å². The molecular formula is C16H14N2OS. The number of methoxy groups -OCH3 is 1. The molecule has 1 N–H and O–H groups in total. The zero-order chi connectivity index (χ0) is 13.9. The van der Waals surface area contributed by atoms with Gasteiger partial charge < -0.3 is 10.1 Å². The Bertz CT molecular complexity index is 694. The highest BCUT2D eigenvalue weighted by molar-refractivity contribution is 7.80. The number of thiocarbonyl (C=S) groups is 1. The van der Waals surface area contributed by atoms with E-state index in [0.29, 0.717) is 6.42 Å². The van der Waals surface area contributed by atoms with Gasteiger partial charge in [0.25, 0.3) is 0 Å². The van der Waals surface area contributed by atoms with Gasteiger partial charge in [-0.1, -0.05) is 36.5 Å². The van der Waals surface area contributed by atoms with Crippen molar-refractivity contribution in [3.8, 4) is 5.75 Å². The second kappa shape index (κ2) is 5.43. The smallest absolute Gasteiger partial charge is 0.127 e. The third-order valence-electron chi connectivity index (χ3n) is 3.18. The summed E-state index contributed by atoms with van der Waals surface area (Å²) in [5.74, 6) is 0.813. The maximum absolute atomic E-state index is 5.42. The number of anilines is 1. The average molecular weight is 282 g/mol. The molecule has 0 saturated carbocycles. The summed E-state index contributed by atoms with van der Waals surface area (Å²) in [6.45, 7) is 0. The normalized spacial score (nSPS) is 13.8. The van der Waals surface area contributed by atoms with Crippen molar-refractivity contribution < 1.29 is 4.74 Å². The number of para-hydroxylation sites is 3. The van der Waals surface area contributed by atoms with Crippen molar-refractivity contribution in [3.63, 3.8) is 0 Å². The fourth-order valence-corrected chi connectivity index (χ4v) is 2.49. The van der Waals surface area contributed by atoms with Crippen LogP contribution in [0.1, 0.15) is 12.0 Å². The Hall–Kier alpha value is -2.20. The Labute approximate surface area is 123 Å². The van der Waals surface area contributed by atoms with Gasteiger partial charge in [-0.05, 0) is 24.3 Å². The molecule has 0 fully saturated rings. The Balaban J connectivity index is 2.13. The number of nitrogens with one attached hydrogen (secondary N) is 1. The first kappa shape index (κ1) is 12.8. The highest BCUT2D eigenvalue weighted by atomic mass is 32.1. The molecule has 2 aromatic rings. The first-order valence-corrected chi connectivity index (χ1v) is 6.78. The van der Waals surface area contributed by atoms with Crippen LogP contribution in [-0.2, 0) is 0 Å². The average Bonchev–Trinajstić information content (AvgIpc) is 2.65. The van der Waals surface area contributed by atoms with Crippen LogP contribution in [0, 0.1) is 0 Å². The molecule has 0 atom stereocenters. The summed E-state index contributed by atoms with van der Waals surface area (Å²) in [7, 11) is 1.67. The van der Waals surface area contributed by atoms with Gasteiger partial charge in [0.1, 0.15) is 5.75 Å². The molecule has 0 aromatic heterocycles. The zero-order valence-corrected chi connectivity index (χ0v) is 11.9. The van der Waals surface area contributed by atoms with Crippen molar-refractivity contribution in [1.29, 1.82) is 0 Å². The van der Waals surface area contributed by atoms with Crippen molar-refractivity contribution in [1.82, 2.24) is 0 Å². The van der Waals surface area contributed by atoms with Crippen LogP contribution in [0.2, 0.25) is 0 Å². The molecule has 100 valence electrons. The fraction of sp³-hybridized carbons (Fsp3) is 0.125. The van der Waals surface area contributed by atoms with E-state index in [4.69, 9.17) is 21.9 Å². The Kier molecular flexibility index (Phi) is 3.48. The SMILES string of the molecule is COc1ccccc1C1=Nc2ccccc2NC(=S)C1. The summed E-state index contributed by atoms with van der Waals surface area (Å²) in [5, 5.41) is 3.24. The number of nitrogens with zero attached hydrogens (tertiary/aromatic N) is 1. The molecule has 3 nitrogen and oxygen atoms in total. The first-order valence-electron chi connectivity index (χ1n) is 6.38. The van der Waals surface area contributed by atoms with Gasteiger partial charge in [0.2, 0.25) is 0 Å². The molecule has 0 spiro atoms. The molecule has 1 aliphatic rings. The van der Waals surface area contributed by atoms with Gasteiger partial charge in [-0.2, -0.15) is 0 Å². The molecule has 0 saturated heterocycles. The van der Waals surface area contributed by atoms with Crippen LogP contribution in [0.25, 0.3) is 0 Å². The van der Waals surface area contributed by atoms with Gasteiger partial charge in [0.15, 0.2) is 0 Å². The van der Waals surface area contributed by atoms with Gasteiger partial charge in [-0.25, -0.2) is 0 Å². The second-order valence-corrected chi connectivity index (χ2v) is 4.99. The van der Waals surface area contributed by atoms with Crippen LogP contribution < -0.4 is 10.1 Å². The maximum atomic E-state index is 5.42. The van der Waals surface area contributed by atoms with E-state index in [9.17, 15) is 0 Å². The number of ether oxygens (including phenoxy) is 1. The molecule has 4 heteroatoms. The number of fused-ring (bicyclic) bond motifs is 1. The summed E-state index contributed by atoms with van der Waals surface area (Å²) in [6.07, 6.45) is 0.602. The minimum absolute atomic E-state index is 0.602.